The highest BCUT2D eigenvalue weighted by Crippen LogP contribution is 2.44. The Morgan fingerprint density at radius 3 is 2.61 bits per heavy atom. The number of nitrogens with zero attached hydrogens (tertiary/aromatic N) is 3. The fourth-order valence-corrected chi connectivity index (χ4v) is 4.80. The predicted molar refractivity (Wildman–Crippen MR) is 116 cm³/mol. The Bertz CT molecular complexity index is 1370. The number of aliphatic hydroxyl groups excluding tert-OH is 1. The van der Waals surface area contributed by atoms with Gasteiger partial charge < -0.3 is 9.52 Å². The van der Waals surface area contributed by atoms with E-state index < -0.39 is 23.5 Å². The molecule has 7 nitrogen and oxygen atoms in total. The zero-order valence-electron chi connectivity index (χ0n) is 16.7. The molecule has 31 heavy (non-hydrogen) atoms. The molecule has 0 aliphatic carbocycles. The summed E-state index contributed by atoms with van der Waals surface area (Å²) in [5.74, 6) is -1.19. The number of ketones is 1. The molecule has 0 spiro atoms. The van der Waals surface area contributed by atoms with Gasteiger partial charge in [-0.15, -0.1) is 0 Å². The van der Waals surface area contributed by atoms with Gasteiger partial charge in [0.2, 0.25) is 5.78 Å². The molecule has 3 aromatic heterocycles. The van der Waals surface area contributed by atoms with Crippen LogP contribution in [0.5, 0.6) is 0 Å². The van der Waals surface area contributed by atoms with Crippen LogP contribution in [0.4, 0.5) is 5.13 Å². The first-order valence-electron chi connectivity index (χ1n) is 9.59. The number of furan rings is 1. The molecule has 1 N–H and O–H groups in total. The molecule has 1 amide bonds. The van der Waals surface area contributed by atoms with Crippen molar-refractivity contribution in [1.29, 1.82) is 0 Å². The average Bonchev–Trinajstić information content (AvgIpc) is 3.44. The summed E-state index contributed by atoms with van der Waals surface area (Å²) in [5, 5.41) is 11.2. The van der Waals surface area contributed by atoms with Gasteiger partial charge in [0.1, 0.15) is 5.76 Å². The largest absolute Gasteiger partial charge is 0.503 e. The number of aryl methyl sites for hydroxylation is 2. The van der Waals surface area contributed by atoms with Gasteiger partial charge in [0, 0.05) is 12.4 Å². The van der Waals surface area contributed by atoms with Crippen LogP contribution in [0.2, 0.25) is 0 Å². The molecule has 0 saturated carbocycles. The van der Waals surface area contributed by atoms with Crippen LogP contribution >= 0.6 is 11.3 Å². The summed E-state index contributed by atoms with van der Waals surface area (Å²) in [6.45, 7) is 3.70. The third-order valence-corrected chi connectivity index (χ3v) is 6.19. The van der Waals surface area contributed by atoms with Crippen LogP contribution < -0.4 is 4.90 Å². The second kappa shape index (κ2) is 7.17. The lowest BCUT2D eigenvalue weighted by atomic mass is 9.96. The molecule has 1 unspecified atom stereocenters. The number of fused-ring (bicyclic) bond motifs is 1. The number of thiazole rings is 1. The van der Waals surface area contributed by atoms with Gasteiger partial charge in [-0.25, -0.2) is 4.98 Å². The molecule has 1 aliphatic rings. The van der Waals surface area contributed by atoms with Crippen molar-refractivity contribution < 1.29 is 19.1 Å². The van der Waals surface area contributed by atoms with Crippen molar-refractivity contribution in [2.75, 3.05) is 4.90 Å². The van der Waals surface area contributed by atoms with E-state index in [1.165, 1.54) is 22.3 Å². The Kier molecular flexibility index (Phi) is 4.44. The van der Waals surface area contributed by atoms with Gasteiger partial charge in [-0.1, -0.05) is 17.4 Å². The zero-order valence-corrected chi connectivity index (χ0v) is 17.5. The Hall–Kier alpha value is -3.78. The van der Waals surface area contributed by atoms with Crippen LogP contribution in [0.15, 0.2) is 70.6 Å². The highest BCUT2D eigenvalue weighted by Gasteiger charge is 2.46. The van der Waals surface area contributed by atoms with Crippen LogP contribution in [0.25, 0.3) is 10.2 Å². The molecule has 0 fully saturated rings. The van der Waals surface area contributed by atoms with Crippen LogP contribution in [-0.2, 0) is 4.79 Å². The van der Waals surface area contributed by atoms with E-state index >= 15 is 0 Å². The Labute approximate surface area is 181 Å². The monoisotopic (exact) mass is 431 g/mol. The molecular formula is C23H17N3O4S. The SMILES string of the molecule is Cc1ccc2nc(N3C(=O)C(O)=C(C(=O)c4ccc(C)o4)C3c3ccncc3)sc2c1. The maximum absolute atomic E-state index is 13.3. The third kappa shape index (κ3) is 3.12. The number of aliphatic hydroxyl groups is 1. The smallest absolute Gasteiger partial charge is 0.296 e. The molecule has 8 heteroatoms. The molecule has 1 aliphatic heterocycles. The number of amides is 1. The first-order valence-corrected chi connectivity index (χ1v) is 10.4. The molecule has 0 bridgehead atoms. The summed E-state index contributed by atoms with van der Waals surface area (Å²) < 4.78 is 6.39. The first-order chi connectivity index (χ1) is 14.9. The summed E-state index contributed by atoms with van der Waals surface area (Å²) in [5.41, 5.74) is 2.41. The van der Waals surface area contributed by atoms with Gasteiger partial charge in [-0.05, 0) is 61.4 Å². The van der Waals surface area contributed by atoms with E-state index in [0.717, 1.165) is 15.8 Å². The van der Waals surface area contributed by atoms with Crippen molar-refractivity contribution in [2.45, 2.75) is 19.9 Å². The fourth-order valence-electron chi connectivity index (χ4n) is 3.71. The fraction of sp³-hybridized carbons (Fsp3) is 0.130. The van der Waals surface area contributed by atoms with Crippen LogP contribution in [0.1, 0.15) is 33.5 Å². The lowest BCUT2D eigenvalue weighted by Crippen LogP contribution is -2.30. The van der Waals surface area contributed by atoms with E-state index in [9.17, 15) is 14.7 Å². The highest BCUT2D eigenvalue weighted by atomic mass is 32.1. The summed E-state index contributed by atoms with van der Waals surface area (Å²) in [6, 6.07) is 11.6. The van der Waals surface area contributed by atoms with E-state index in [2.05, 4.69) is 9.97 Å². The molecule has 0 saturated heterocycles. The van der Waals surface area contributed by atoms with Crippen LogP contribution in [0.3, 0.4) is 0 Å². The Balaban J connectivity index is 1.67. The number of benzene rings is 1. The zero-order chi connectivity index (χ0) is 21.7. The van der Waals surface area contributed by atoms with Crippen LogP contribution in [-0.4, -0.2) is 26.8 Å². The number of Topliss-reactive ketones (excluding diaryl/α,β-unsaturated/α-hetero) is 1. The molecule has 0 radical (unpaired) electrons. The number of rotatable bonds is 4. The van der Waals surface area contributed by atoms with Gasteiger partial charge in [0.25, 0.3) is 5.91 Å². The second-order valence-corrected chi connectivity index (χ2v) is 8.34. The number of pyridine rings is 1. The molecule has 1 atom stereocenters. The summed E-state index contributed by atoms with van der Waals surface area (Å²) in [6.07, 6.45) is 3.16. The standard InChI is InChI=1S/C23H17N3O4S/c1-12-3-5-15-17(11-12)31-23(25-15)26-19(14-7-9-24-10-8-14)18(21(28)22(26)29)20(27)16-6-4-13(2)30-16/h3-11,19,28H,1-2H3. The number of carbonyl (C=O) groups excluding carboxylic acids is 2. The molecular weight excluding hydrogens is 414 g/mol. The summed E-state index contributed by atoms with van der Waals surface area (Å²) >= 11 is 1.33. The second-order valence-electron chi connectivity index (χ2n) is 7.33. The van der Waals surface area contributed by atoms with Gasteiger partial charge in [0.15, 0.2) is 16.7 Å². The van der Waals surface area contributed by atoms with E-state index in [0.29, 0.717) is 16.5 Å². The number of aromatic nitrogens is 2. The normalized spacial score (nSPS) is 16.5. The van der Waals surface area contributed by atoms with Crippen molar-refractivity contribution in [3.8, 4) is 0 Å². The van der Waals surface area contributed by atoms with Crippen molar-refractivity contribution in [2.24, 2.45) is 0 Å². The summed E-state index contributed by atoms with van der Waals surface area (Å²) in [7, 11) is 0. The topological polar surface area (TPSA) is 96.5 Å². The van der Waals surface area contributed by atoms with Gasteiger partial charge in [-0.2, -0.15) is 0 Å². The van der Waals surface area contributed by atoms with Gasteiger partial charge >= 0.3 is 0 Å². The molecule has 4 heterocycles. The highest BCUT2D eigenvalue weighted by molar-refractivity contribution is 7.22. The minimum absolute atomic E-state index is 0.0408. The third-order valence-electron chi connectivity index (χ3n) is 5.18. The minimum atomic E-state index is -0.852. The Morgan fingerprint density at radius 2 is 1.90 bits per heavy atom. The van der Waals surface area contributed by atoms with Crippen molar-refractivity contribution in [3.05, 3.63) is 88.8 Å². The maximum atomic E-state index is 13.3. The minimum Gasteiger partial charge on any atom is -0.503 e. The lowest BCUT2D eigenvalue weighted by molar-refractivity contribution is -0.117. The van der Waals surface area contributed by atoms with Crippen molar-refractivity contribution in [1.82, 2.24) is 9.97 Å². The van der Waals surface area contributed by atoms with E-state index in [4.69, 9.17) is 4.42 Å². The molecule has 4 aromatic rings. The number of hydrogen-bond acceptors (Lipinski definition) is 7. The number of carbonyl (C=O) groups is 2. The van der Waals surface area contributed by atoms with E-state index in [-0.39, 0.29) is 11.3 Å². The maximum Gasteiger partial charge on any atom is 0.296 e. The quantitative estimate of drug-likeness (QED) is 0.471. The van der Waals surface area contributed by atoms with Crippen LogP contribution in [0, 0.1) is 13.8 Å². The number of hydrogen-bond donors (Lipinski definition) is 1. The Morgan fingerprint density at radius 1 is 1.13 bits per heavy atom. The van der Waals surface area contributed by atoms with E-state index in [1.54, 1.807) is 37.5 Å². The lowest BCUT2D eigenvalue weighted by Gasteiger charge is -2.24. The molecule has 154 valence electrons. The van der Waals surface area contributed by atoms with Gasteiger partial charge in [0.05, 0.1) is 21.8 Å². The van der Waals surface area contributed by atoms with Crippen molar-refractivity contribution in [3.63, 3.8) is 0 Å². The average molecular weight is 431 g/mol. The van der Waals surface area contributed by atoms with Gasteiger partial charge in [-0.3, -0.25) is 19.5 Å². The molecule has 1 aromatic carbocycles. The van der Waals surface area contributed by atoms with E-state index in [1.807, 2.05) is 25.1 Å². The number of anilines is 1. The molecule has 5 rings (SSSR count). The van der Waals surface area contributed by atoms with Crippen molar-refractivity contribution >= 4 is 38.4 Å². The first kappa shape index (κ1) is 19.2. The predicted octanol–water partition coefficient (Wildman–Crippen LogP) is 4.68. The summed E-state index contributed by atoms with van der Waals surface area (Å²) in [4.78, 5) is 36.4.